The molecule has 0 radical (unpaired) electrons. The van der Waals surface area contributed by atoms with Crippen LogP contribution in [0.25, 0.3) is 22.2 Å². The lowest BCUT2D eigenvalue weighted by molar-refractivity contribution is 0.100. The van der Waals surface area contributed by atoms with Crippen molar-refractivity contribution in [3.05, 3.63) is 84.6 Å². The first kappa shape index (κ1) is 15.8. The molecule has 5 heteroatoms. The molecule has 126 valence electrons. The summed E-state index contributed by atoms with van der Waals surface area (Å²) < 4.78 is 0. The number of nitrogens with one attached hydrogen (secondary N) is 1. The summed E-state index contributed by atoms with van der Waals surface area (Å²) in [6.07, 6.45) is 1.76. The van der Waals surface area contributed by atoms with E-state index in [1.165, 1.54) is 0 Å². The topological polar surface area (TPSA) is 80.9 Å². The first-order chi connectivity index (χ1) is 12.7. The van der Waals surface area contributed by atoms with Gasteiger partial charge in [0.05, 0.1) is 11.2 Å². The Hall–Kier alpha value is -3.73. The minimum Gasteiger partial charge on any atom is -0.366 e. The molecule has 2 heterocycles. The third kappa shape index (κ3) is 3.10. The largest absolute Gasteiger partial charge is 0.366 e. The zero-order valence-electron chi connectivity index (χ0n) is 13.9. The summed E-state index contributed by atoms with van der Waals surface area (Å²) in [5, 5.41) is 4.19. The number of fused-ring (bicyclic) bond motifs is 1. The number of amides is 1. The maximum absolute atomic E-state index is 11.4. The molecule has 3 N–H and O–H groups in total. The molecule has 0 saturated carbocycles. The molecule has 0 aliphatic carbocycles. The molecule has 0 spiro atoms. The first-order valence-corrected chi connectivity index (χ1v) is 8.19. The molecule has 0 bridgehead atoms. The summed E-state index contributed by atoms with van der Waals surface area (Å²) in [5.41, 5.74) is 9.23. The van der Waals surface area contributed by atoms with Crippen molar-refractivity contribution in [3.8, 4) is 11.3 Å². The smallest absolute Gasteiger partial charge is 0.248 e. The maximum Gasteiger partial charge on any atom is 0.248 e. The first-order valence-electron chi connectivity index (χ1n) is 8.19. The van der Waals surface area contributed by atoms with Gasteiger partial charge in [-0.3, -0.25) is 9.78 Å². The van der Waals surface area contributed by atoms with Crippen LogP contribution in [0.15, 0.2) is 79.0 Å². The van der Waals surface area contributed by atoms with E-state index in [4.69, 9.17) is 10.7 Å². The zero-order valence-corrected chi connectivity index (χ0v) is 13.9. The van der Waals surface area contributed by atoms with Crippen molar-refractivity contribution in [2.24, 2.45) is 5.73 Å². The molecular weight excluding hydrogens is 324 g/mol. The number of primary amides is 1. The van der Waals surface area contributed by atoms with E-state index < -0.39 is 5.91 Å². The van der Waals surface area contributed by atoms with Crippen LogP contribution in [0.4, 0.5) is 11.5 Å². The molecule has 2 aromatic heterocycles. The number of nitrogens with zero attached hydrogens (tertiary/aromatic N) is 2. The van der Waals surface area contributed by atoms with Crippen LogP contribution in [0.2, 0.25) is 0 Å². The lowest BCUT2D eigenvalue weighted by Crippen LogP contribution is -2.11. The highest BCUT2D eigenvalue weighted by atomic mass is 16.1. The van der Waals surface area contributed by atoms with Gasteiger partial charge in [0.1, 0.15) is 5.82 Å². The fourth-order valence-corrected chi connectivity index (χ4v) is 2.81. The highest BCUT2D eigenvalue weighted by Crippen LogP contribution is 2.28. The van der Waals surface area contributed by atoms with Crippen molar-refractivity contribution in [2.75, 3.05) is 5.32 Å². The van der Waals surface area contributed by atoms with E-state index in [1.54, 1.807) is 24.4 Å². The van der Waals surface area contributed by atoms with E-state index in [1.807, 2.05) is 54.6 Å². The van der Waals surface area contributed by atoms with E-state index in [0.29, 0.717) is 11.4 Å². The molecule has 0 saturated heterocycles. The van der Waals surface area contributed by atoms with E-state index in [2.05, 4.69) is 10.3 Å². The van der Waals surface area contributed by atoms with Crippen LogP contribution < -0.4 is 11.1 Å². The monoisotopic (exact) mass is 340 g/mol. The fraction of sp³-hybridized carbons (Fsp3) is 0. The van der Waals surface area contributed by atoms with Crippen LogP contribution in [0.5, 0.6) is 0 Å². The number of nitrogens with two attached hydrogens (primary N) is 1. The normalized spacial score (nSPS) is 10.6. The summed E-state index contributed by atoms with van der Waals surface area (Å²) in [6.45, 7) is 0. The van der Waals surface area contributed by atoms with Gasteiger partial charge in [-0.05, 0) is 36.4 Å². The summed E-state index contributed by atoms with van der Waals surface area (Å²) in [4.78, 5) is 20.7. The number of rotatable bonds is 4. The van der Waals surface area contributed by atoms with Crippen LogP contribution in [0.1, 0.15) is 10.4 Å². The van der Waals surface area contributed by atoms with Crippen LogP contribution >= 0.6 is 0 Å². The van der Waals surface area contributed by atoms with Crippen molar-refractivity contribution in [3.63, 3.8) is 0 Å². The summed E-state index contributed by atoms with van der Waals surface area (Å²) in [7, 11) is 0. The van der Waals surface area contributed by atoms with Gasteiger partial charge < -0.3 is 11.1 Å². The Morgan fingerprint density at radius 1 is 0.923 bits per heavy atom. The second-order valence-corrected chi connectivity index (χ2v) is 5.86. The molecule has 1 amide bonds. The van der Waals surface area contributed by atoms with Crippen LogP contribution in [0.3, 0.4) is 0 Å². The predicted molar refractivity (Wildman–Crippen MR) is 103 cm³/mol. The molecule has 0 fully saturated rings. The van der Waals surface area contributed by atoms with E-state index in [0.717, 1.165) is 27.8 Å². The van der Waals surface area contributed by atoms with Crippen LogP contribution in [0, 0.1) is 0 Å². The van der Waals surface area contributed by atoms with Gasteiger partial charge in [-0.1, -0.05) is 36.4 Å². The molecule has 4 aromatic rings. The average Bonchev–Trinajstić information content (AvgIpc) is 2.69. The minimum atomic E-state index is -0.467. The minimum absolute atomic E-state index is 0.441. The molecule has 26 heavy (non-hydrogen) atoms. The van der Waals surface area contributed by atoms with Gasteiger partial charge in [-0.25, -0.2) is 4.98 Å². The van der Waals surface area contributed by atoms with Gasteiger partial charge in [0.2, 0.25) is 5.91 Å². The standard InChI is InChI=1S/C21H16N4O/c22-20(26)15-8-4-9-16(12-15)24-21-17-10-5-11-23-19(17)13-18(25-21)14-6-2-1-3-7-14/h1-13H,(H2,22,26)(H,24,25). The highest BCUT2D eigenvalue weighted by molar-refractivity contribution is 5.96. The molecule has 2 aromatic carbocycles. The third-order valence-corrected chi connectivity index (χ3v) is 4.08. The number of anilines is 2. The third-order valence-electron chi connectivity index (χ3n) is 4.08. The molecule has 5 nitrogen and oxygen atoms in total. The van der Waals surface area contributed by atoms with Gasteiger partial charge >= 0.3 is 0 Å². The SMILES string of the molecule is NC(=O)c1cccc(Nc2nc(-c3ccccc3)cc3ncccc23)c1. The number of benzene rings is 2. The van der Waals surface area contributed by atoms with Crippen molar-refractivity contribution < 1.29 is 4.79 Å². The van der Waals surface area contributed by atoms with Crippen molar-refractivity contribution >= 4 is 28.3 Å². The van der Waals surface area contributed by atoms with Crippen molar-refractivity contribution in [1.82, 2.24) is 9.97 Å². The Labute approximate surface area is 150 Å². The molecule has 0 unspecified atom stereocenters. The van der Waals surface area contributed by atoms with E-state index in [9.17, 15) is 4.79 Å². The van der Waals surface area contributed by atoms with Crippen LogP contribution in [-0.4, -0.2) is 15.9 Å². The Morgan fingerprint density at radius 3 is 2.58 bits per heavy atom. The van der Waals surface area contributed by atoms with Gasteiger partial charge in [0.15, 0.2) is 0 Å². The second kappa shape index (κ2) is 6.64. The van der Waals surface area contributed by atoms with Crippen molar-refractivity contribution in [1.29, 1.82) is 0 Å². The Bertz CT molecular complexity index is 1090. The molecule has 0 aliphatic heterocycles. The summed E-state index contributed by atoms with van der Waals surface area (Å²) in [5.74, 6) is 0.210. The van der Waals surface area contributed by atoms with Gasteiger partial charge in [-0.2, -0.15) is 0 Å². The number of aromatic nitrogens is 2. The summed E-state index contributed by atoms with van der Waals surface area (Å²) in [6, 6.07) is 22.8. The van der Waals surface area contributed by atoms with Gasteiger partial charge in [0, 0.05) is 28.4 Å². The van der Waals surface area contributed by atoms with Crippen molar-refractivity contribution in [2.45, 2.75) is 0 Å². The second-order valence-electron chi connectivity index (χ2n) is 5.86. The predicted octanol–water partition coefficient (Wildman–Crippen LogP) is 4.14. The maximum atomic E-state index is 11.4. The molecule has 0 atom stereocenters. The Balaban J connectivity index is 1.83. The lowest BCUT2D eigenvalue weighted by atomic mass is 10.1. The van der Waals surface area contributed by atoms with Crippen LogP contribution in [-0.2, 0) is 0 Å². The Morgan fingerprint density at radius 2 is 1.77 bits per heavy atom. The molecular formula is C21H16N4O. The Kier molecular flexibility index (Phi) is 4.03. The summed E-state index contributed by atoms with van der Waals surface area (Å²) >= 11 is 0. The number of pyridine rings is 2. The molecule has 0 aliphatic rings. The van der Waals surface area contributed by atoms with E-state index >= 15 is 0 Å². The quantitative estimate of drug-likeness (QED) is 0.585. The zero-order chi connectivity index (χ0) is 17.9. The van der Waals surface area contributed by atoms with Gasteiger partial charge in [0.25, 0.3) is 0 Å². The number of hydrogen-bond donors (Lipinski definition) is 2. The van der Waals surface area contributed by atoms with E-state index in [-0.39, 0.29) is 0 Å². The number of carbonyl (C=O) groups excluding carboxylic acids is 1. The average molecular weight is 340 g/mol. The van der Waals surface area contributed by atoms with Gasteiger partial charge in [-0.15, -0.1) is 0 Å². The lowest BCUT2D eigenvalue weighted by Gasteiger charge is -2.12. The fourth-order valence-electron chi connectivity index (χ4n) is 2.81. The highest BCUT2D eigenvalue weighted by Gasteiger charge is 2.10. The molecule has 4 rings (SSSR count). The number of carbonyl (C=O) groups is 1. The number of hydrogen-bond acceptors (Lipinski definition) is 4.